The van der Waals surface area contributed by atoms with Crippen molar-refractivity contribution in [1.82, 2.24) is 0 Å². The summed E-state index contributed by atoms with van der Waals surface area (Å²) < 4.78 is 1.03. The summed E-state index contributed by atoms with van der Waals surface area (Å²) >= 11 is 3.48. The van der Waals surface area contributed by atoms with Crippen molar-refractivity contribution < 1.29 is 9.59 Å². The van der Waals surface area contributed by atoms with Crippen LogP contribution in [0.5, 0.6) is 0 Å². The molecule has 0 aromatic heterocycles. The molecule has 0 spiro atoms. The van der Waals surface area contributed by atoms with Gasteiger partial charge < -0.3 is 4.90 Å². The summed E-state index contributed by atoms with van der Waals surface area (Å²) in [5.74, 6) is -0.443. The highest BCUT2D eigenvalue weighted by Crippen LogP contribution is 2.33. The third-order valence-electron chi connectivity index (χ3n) is 5.23. The zero-order valence-electron chi connectivity index (χ0n) is 15.0. The number of benzene rings is 2. The van der Waals surface area contributed by atoms with E-state index in [1.165, 1.54) is 11.0 Å². The van der Waals surface area contributed by atoms with E-state index in [0.29, 0.717) is 11.3 Å². The average molecular weight is 425 g/mol. The summed E-state index contributed by atoms with van der Waals surface area (Å²) in [5, 5.41) is 0. The van der Waals surface area contributed by atoms with Crippen LogP contribution in [0.1, 0.15) is 25.7 Å². The van der Waals surface area contributed by atoms with Crippen LogP contribution in [0.4, 0.5) is 11.4 Å². The number of para-hydroxylation sites is 1. The van der Waals surface area contributed by atoms with Crippen molar-refractivity contribution in [1.29, 1.82) is 0 Å². The van der Waals surface area contributed by atoms with Gasteiger partial charge in [0, 0.05) is 28.4 Å². The van der Waals surface area contributed by atoms with Gasteiger partial charge >= 0.3 is 0 Å². The predicted molar refractivity (Wildman–Crippen MR) is 111 cm³/mol. The van der Waals surface area contributed by atoms with Crippen molar-refractivity contribution in [3.63, 3.8) is 0 Å². The maximum absolute atomic E-state index is 13.2. The van der Waals surface area contributed by atoms with Gasteiger partial charge in [-0.15, -0.1) is 0 Å². The van der Waals surface area contributed by atoms with Crippen molar-refractivity contribution in [2.75, 3.05) is 16.3 Å². The highest BCUT2D eigenvalue weighted by atomic mass is 79.9. The lowest BCUT2D eigenvalue weighted by atomic mass is 10.00. The van der Waals surface area contributed by atoms with Gasteiger partial charge in [-0.2, -0.15) is 0 Å². The molecule has 2 aliphatic heterocycles. The van der Waals surface area contributed by atoms with Crippen molar-refractivity contribution in [2.45, 2.75) is 31.7 Å². The van der Waals surface area contributed by atoms with Gasteiger partial charge in [-0.1, -0.05) is 47.0 Å². The molecule has 0 bridgehead atoms. The van der Waals surface area contributed by atoms with Gasteiger partial charge in [0.25, 0.3) is 11.8 Å². The van der Waals surface area contributed by atoms with Gasteiger partial charge in [0.15, 0.2) is 0 Å². The molecule has 1 saturated heterocycles. The molecule has 4 rings (SSSR count). The van der Waals surface area contributed by atoms with Gasteiger partial charge in [-0.25, -0.2) is 4.90 Å². The number of amides is 2. The van der Waals surface area contributed by atoms with Crippen molar-refractivity contribution in [3.05, 3.63) is 70.7 Å². The zero-order valence-corrected chi connectivity index (χ0v) is 16.6. The lowest BCUT2D eigenvalue weighted by molar-refractivity contribution is -0.120. The molecule has 27 heavy (non-hydrogen) atoms. The smallest absolute Gasteiger partial charge is 0.263 e. The zero-order chi connectivity index (χ0) is 18.8. The second-order valence-electron chi connectivity index (χ2n) is 6.95. The first-order chi connectivity index (χ1) is 13.1. The maximum Gasteiger partial charge on any atom is 0.263 e. The van der Waals surface area contributed by atoms with Crippen LogP contribution in [0.2, 0.25) is 0 Å². The molecular formula is C22H21BrN2O2. The van der Waals surface area contributed by atoms with E-state index >= 15 is 0 Å². The van der Waals surface area contributed by atoms with Crippen molar-refractivity contribution in [3.8, 4) is 0 Å². The van der Waals surface area contributed by atoms with E-state index in [4.69, 9.17) is 0 Å². The Morgan fingerprint density at radius 1 is 0.852 bits per heavy atom. The second-order valence-corrected chi connectivity index (χ2v) is 7.86. The van der Waals surface area contributed by atoms with Crippen molar-refractivity contribution in [2.24, 2.45) is 0 Å². The molecule has 0 radical (unpaired) electrons. The number of anilines is 2. The third kappa shape index (κ3) is 3.56. The van der Waals surface area contributed by atoms with E-state index in [0.717, 1.165) is 42.4 Å². The number of imide groups is 1. The molecule has 5 heteroatoms. The van der Waals surface area contributed by atoms with E-state index < -0.39 is 0 Å². The molecule has 138 valence electrons. The number of hydrogen-bond donors (Lipinski definition) is 0. The molecule has 0 aliphatic carbocycles. The van der Waals surface area contributed by atoms with E-state index in [9.17, 15) is 9.59 Å². The van der Waals surface area contributed by atoms with Crippen LogP contribution in [-0.2, 0) is 9.59 Å². The number of carbonyl (C=O) groups excluding carboxylic acids is 2. The highest BCUT2D eigenvalue weighted by molar-refractivity contribution is 9.10. The van der Waals surface area contributed by atoms with E-state index in [1.54, 1.807) is 12.1 Å². The molecule has 0 saturated carbocycles. The number of nitrogens with zero attached hydrogens (tertiary/aromatic N) is 2. The SMILES string of the molecule is O=C1C=C(C2CCCCCN2c2ccc(Br)cc2)C(=O)N1c1ccccc1. The Bertz CT molecular complexity index is 877. The molecule has 2 amide bonds. The molecule has 2 aliphatic rings. The Balaban J connectivity index is 1.67. The third-order valence-corrected chi connectivity index (χ3v) is 5.76. The standard InChI is InChI=1S/C22H21BrN2O2/c23-16-10-12-17(13-11-16)24-14-6-2-5-9-20(24)19-15-21(26)25(22(19)27)18-7-3-1-4-8-18/h1,3-4,7-8,10-13,15,20H,2,5-6,9,14H2. The van der Waals surface area contributed by atoms with Gasteiger partial charge in [-0.05, 0) is 49.2 Å². The fraction of sp³-hybridized carbons (Fsp3) is 0.273. The van der Waals surface area contributed by atoms with Crippen LogP contribution in [-0.4, -0.2) is 24.4 Å². The Kier molecular flexibility index (Phi) is 5.12. The molecule has 2 aromatic carbocycles. The van der Waals surface area contributed by atoms with Gasteiger partial charge in [-0.3, -0.25) is 9.59 Å². The normalized spacial score (nSPS) is 20.6. The van der Waals surface area contributed by atoms with Crippen LogP contribution < -0.4 is 9.80 Å². The summed E-state index contributed by atoms with van der Waals surface area (Å²) in [5.41, 5.74) is 2.32. The fourth-order valence-electron chi connectivity index (χ4n) is 3.92. The van der Waals surface area contributed by atoms with E-state index in [-0.39, 0.29) is 17.9 Å². The fourth-order valence-corrected chi connectivity index (χ4v) is 4.19. The van der Waals surface area contributed by atoms with E-state index in [2.05, 4.69) is 33.0 Å². The maximum atomic E-state index is 13.2. The first-order valence-electron chi connectivity index (χ1n) is 9.32. The summed E-state index contributed by atoms with van der Waals surface area (Å²) in [4.78, 5) is 29.4. The first kappa shape index (κ1) is 18.0. The van der Waals surface area contributed by atoms with Gasteiger partial charge in [0.05, 0.1) is 11.7 Å². The number of rotatable bonds is 3. The van der Waals surface area contributed by atoms with Crippen LogP contribution in [0, 0.1) is 0 Å². The molecular weight excluding hydrogens is 404 g/mol. The quantitative estimate of drug-likeness (QED) is 0.670. The molecule has 4 nitrogen and oxygen atoms in total. The van der Waals surface area contributed by atoms with Crippen LogP contribution in [0.25, 0.3) is 0 Å². The minimum absolute atomic E-state index is 0.0705. The minimum atomic E-state index is -0.249. The second kappa shape index (κ2) is 7.69. The molecule has 2 aromatic rings. The largest absolute Gasteiger partial charge is 0.364 e. The highest BCUT2D eigenvalue weighted by Gasteiger charge is 2.38. The summed E-state index contributed by atoms with van der Waals surface area (Å²) in [6, 6.07) is 17.3. The summed E-state index contributed by atoms with van der Waals surface area (Å²) in [6.07, 6.45) is 5.70. The van der Waals surface area contributed by atoms with Crippen LogP contribution >= 0.6 is 15.9 Å². The Labute approximate surface area is 167 Å². The first-order valence-corrected chi connectivity index (χ1v) is 10.1. The molecule has 1 unspecified atom stereocenters. The summed E-state index contributed by atoms with van der Waals surface area (Å²) in [6.45, 7) is 0.885. The Hall–Kier alpha value is -2.40. The average Bonchev–Trinajstić information content (AvgIpc) is 2.85. The molecule has 2 heterocycles. The number of halogens is 1. The van der Waals surface area contributed by atoms with Crippen LogP contribution in [0.15, 0.2) is 70.7 Å². The minimum Gasteiger partial charge on any atom is -0.364 e. The van der Waals surface area contributed by atoms with Crippen molar-refractivity contribution >= 4 is 39.1 Å². The lowest BCUT2D eigenvalue weighted by Gasteiger charge is -2.33. The molecule has 0 N–H and O–H groups in total. The molecule has 1 atom stereocenters. The Morgan fingerprint density at radius 3 is 2.33 bits per heavy atom. The topological polar surface area (TPSA) is 40.6 Å². The van der Waals surface area contributed by atoms with Gasteiger partial charge in [0.2, 0.25) is 0 Å². The summed E-state index contributed by atoms with van der Waals surface area (Å²) in [7, 11) is 0. The van der Waals surface area contributed by atoms with Gasteiger partial charge in [0.1, 0.15) is 0 Å². The predicted octanol–water partition coefficient (Wildman–Crippen LogP) is 4.70. The Morgan fingerprint density at radius 2 is 1.59 bits per heavy atom. The lowest BCUT2D eigenvalue weighted by Crippen LogP contribution is -2.40. The monoisotopic (exact) mass is 424 g/mol. The molecule has 1 fully saturated rings. The van der Waals surface area contributed by atoms with Crippen LogP contribution in [0.3, 0.4) is 0 Å². The van der Waals surface area contributed by atoms with E-state index in [1.807, 2.05) is 30.3 Å². The number of hydrogen-bond acceptors (Lipinski definition) is 3. The number of carbonyl (C=O) groups is 2.